The van der Waals surface area contributed by atoms with E-state index in [-0.39, 0.29) is 25.1 Å². The highest BCUT2D eigenvalue weighted by Gasteiger charge is 2.24. The van der Waals surface area contributed by atoms with Crippen molar-refractivity contribution in [3.8, 4) is 11.8 Å². The first-order valence-electron chi connectivity index (χ1n) is 11.3. The van der Waals surface area contributed by atoms with Crippen LogP contribution in [0.15, 0.2) is 54.6 Å². The third-order valence-electron chi connectivity index (χ3n) is 5.26. The number of benzene rings is 2. The maximum absolute atomic E-state index is 13.1. The number of aromatic nitrogens is 2. The quantitative estimate of drug-likeness (QED) is 0.453. The van der Waals surface area contributed by atoms with Crippen molar-refractivity contribution in [1.82, 2.24) is 14.7 Å². The molecule has 0 radical (unpaired) electrons. The number of nitrogens with one attached hydrogen (secondary N) is 2. The third kappa shape index (κ3) is 6.84. The van der Waals surface area contributed by atoms with Crippen molar-refractivity contribution < 1.29 is 14.3 Å². The highest BCUT2D eigenvalue weighted by Crippen LogP contribution is 2.29. The van der Waals surface area contributed by atoms with Crippen LogP contribution < -0.4 is 10.6 Å². The van der Waals surface area contributed by atoms with Gasteiger partial charge in [0.15, 0.2) is 0 Å². The smallest absolute Gasteiger partial charge is 0.322 e. The van der Waals surface area contributed by atoms with Gasteiger partial charge in [0.1, 0.15) is 12.4 Å². The van der Waals surface area contributed by atoms with Crippen molar-refractivity contribution >= 4 is 35.0 Å². The third-order valence-corrected chi connectivity index (χ3v) is 5.58. The molecule has 3 aromatic rings. The van der Waals surface area contributed by atoms with E-state index in [0.29, 0.717) is 27.8 Å². The molecule has 0 bridgehead atoms. The zero-order chi connectivity index (χ0) is 26.3. The Hall–Kier alpha value is -3.87. The van der Waals surface area contributed by atoms with Gasteiger partial charge >= 0.3 is 6.03 Å². The van der Waals surface area contributed by atoms with E-state index in [1.165, 1.54) is 12.0 Å². The molecular weight excluding hydrogens is 480 g/mol. The summed E-state index contributed by atoms with van der Waals surface area (Å²) in [4.78, 5) is 27.3. The van der Waals surface area contributed by atoms with Gasteiger partial charge in [0.25, 0.3) is 0 Å². The highest BCUT2D eigenvalue weighted by atomic mass is 35.5. The standard InChI is InChI=1S/C26H29ClN6O3/c1-26(2,3)22-15-23(33(31-22)21-11-6-5-10-20(21)27)30-24(34)17-32(12-13-36-4)25(35)29-19-9-7-8-18(14-19)16-28/h5-11,14-15H,12-13,17H2,1-4H3,(H,29,35)(H,30,34). The summed E-state index contributed by atoms with van der Waals surface area (Å²) in [7, 11) is 1.52. The normalized spacial score (nSPS) is 11.0. The fraction of sp³-hybridized carbons (Fsp3) is 0.308. The van der Waals surface area contributed by atoms with Crippen molar-refractivity contribution in [1.29, 1.82) is 5.26 Å². The Bertz CT molecular complexity index is 1280. The highest BCUT2D eigenvalue weighted by molar-refractivity contribution is 6.32. The van der Waals surface area contributed by atoms with Gasteiger partial charge in [-0.15, -0.1) is 0 Å². The second-order valence-electron chi connectivity index (χ2n) is 9.11. The van der Waals surface area contributed by atoms with Crippen LogP contribution >= 0.6 is 11.6 Å². The molecule has 1 aromatic heterocycles. The molecule has 0 saturated carbocycles. The molecule has 0 aliphatic carbocycles. The summed E-state index contributed by atoms with van der Waals surface area (Å²) in [5, 5.41) is 19.9. The molecule has 0 unspecified atom stereocenters. The zero-order valence-corrected chi connectivity index (χ0v) is 21.5. The van der Waals surface area contributed by atoms with E-state index in [1.54, 1.807) is 41.1 Å². The molecule has 3 amide bonds. The maximum Gasteiger partial charge on any atom is 0.322 e. The first kappa shape index (κ1) is 26.7. The van der Waals surface area contributed by atoms with Crippen molar-refractivity contribution in [3.63, 3.8) is 0 Å². The number of nitriles is 1. The van der Waals surface area contributed by atoms with Crippen LogP contribution in [0.4, 0.5) is 16.3 Å². The number of methoxy groups -OCH3 is 1. The lowest BCUT2D eigenvalue weighted by Crippen LogP contribution is -2.42. The molecule has 2 aromatic carbocycles. The van der Waals surface area contributed by atoms with Gasteiger partial charge in [-0.3, -0.25) is 4.79 Å². The number of hydrogen-bond donors (Lipinski definition) is 2. The van der Waals surface area contributed by atoms with Crippen LogP contribution in [-0.2, 0) is 14.9 Å². The molecule has 0 atom stereocenters. The molecular formula is C26H29ClN6O3. The number of carbonyl (C=O) groups excluding carboxylic acids is 2. The molecule has 0 aliphatic rings. The van der Waals surface area contributed by atoms with Crippen molar-refractivity contribution in [2.45, 2.75) is 26.2 Å². The average molecular weight is 509 g/mol. The lowest BCUT2D eigenvalue weighted by atomic mass is 9.92. The SMILES string of the molecule is COCCN(CC(=O)Nc1cc(C(C)(C)C)nn1-c1ccccc1Cl)C(=O)Nc1cccc(C#N)c1. The van der Waals surface area contributed by atoms with Crippen LogP contribution in [0.1, 0.15) is 32.0 Å². The first-order valence-corrected chi connectivity index (χ1v) is 11.7. The van der Waals surface area contributed by atoms with Crippen LogP contribution in [-0.4, -0.2) is 53.4 Å². The molecule has 0 aliphatic heterocycles. The topological polar surface area (TPSA) is 112 Å². The lowest BCUT2D eigenvalue weighted by Gasteiger charge is -2.22. The van der Waals surface area contributed by atoms with Crippen LogP contribution in [0.25, 0.3) is 5.69 Å². The number of urea groups is 1. The van der Waals surface area contributed by atoms with E-state index >= 15 is 0 Å². The summed E-state index contributed by atoms with van der Waals surface area (Å²) in [6, 6.07) is 17.1. The number of ether oxygens (including phenoxy) is 1. The van der Waals surface area contributed by atoms with Crippen molar-refractivity contribution in [2.75, 3.05) is 37.4 Å². The molecule has 0 saturated heterocycles. The molecule has 10 heteroatoms. The summed E-state index contributed by atoms with van der Waals surface area (Å²) >= 11 is 6.40. The Morgan fingerprint density at radius 1 is 1.14 bits per heavy atom. The Morgan fingerprint density at radius 2 is 1.89 bits per heavy atom. The number of nitrogens with zero attached hydrogens (tertiary/aromatic N) is 4. The number of rotatable bonds is 8. The molecule has 36 heavy (non-hydrogen) atoms. The summed E-state index contributed by atoms with van der Waals surface area (Å²) in [6.07, 6.45) is 0. The number of carbonyl (C=O) groups is 2. The van der Waals surface area contributed by atoms with Gasteiger partial charge in [0.05, 0.1) is 34.6 Å². The summed E-state index contributed by atoms with van der Waals surface area (Å²) in [5.41, 5.74) is 1.99. The molecule has 188 valence electrons. The average Bonchev–Trinajstić information content (AvgIpc) is 3.26. The number of para-hydroxylation sites is 1. The van der Waals surface area contributed by atoms with E-state index in [4.69, 9.17) is 21.6 Å². The predicted octanol–water partition coefficient (Wildman–Crippen LogP) is 4.81. The first-order chi connectivity index (χ1) is 17.1. The minimum atomic E-state index is -0.493. The van der Waals surface area contributed by atoms with Crippen LogP contribution in [0.2, 0.25) is 5.02 Å². The van der Waals surface area contributed by atoms with Crippen LogP contribution in [0.5, 0.6) is 0 Å². The number of anilines is 2. The second kappa shape index (κ2) is 11.7. The van der Waals surface area contributed by atoms with E-state index in [2.05, 4.69) is 15.7 Å². The fourth-order valence-corrected chi connectivity index (χ4v) is 3.54. The van der Waals surface area contributed by atoms with Crippen LogP contribution in [0, 0.1) is 11.3 Å². The van der Waals surface area contributed by atoms with E-state index < -0.39 is 11.9 Å². The minimum Gasteiger partial charge on any atom is -0.383 e. The Labute approximate surface area is 215 Å². The second-order valence-corrected chi connectivity index (χ2v) is 9.52. The zero-order valence-electron chi connectivity index (χ0n) is 20.7. The molecule has 3 rings (SSSR count). The van der Waals surface area contributed by atoms with Gasteiger partial charge in [-0.1, -0.05) is 50.6 Å². The summed E-state index contributed by atoms with van der Waals surface area (Å²) in [6.45, 7) is 6.27. The number of halogens is 1. The summed E-state index contributed by atoms with van der Waals surface area (Å²) in [5.74, 6) is 0.0209. The van der Waals surface area contributed by atoms with Gasteiger partial charge in [-0.25, -0.2) is 9.48 Å². The van der Waals surface area contributed by atoms with E-state index in [0.717, 1.165) is 5.69 Å². The largest absolute Gasteiger partial charge is 0.383 e. The maximum atomic E-state index is 13.1. The number of amides is 3. The number of hydrogen-bond acceptors (Lipinski definition) is 5. The van der Waals surface area contributed by atoms with Gasteiger partial charge < -0.3 is 20.3 Å². The van der Waals surface area contributed by atoms with Crippen molar-refractivity contribution in [2.24, 2.45) is 0 Å². The van der Waals surface area contributed by atoms with Gasteiger partial charge in [0, 0.05) is 30.8 Å². The van der Waals surface area contributed by atoms with Gasteiger partial charge in [0.2, 0.25) is 5.91 Å². The molecule has 1 heterocycles. The molecule has 2 N–H and O–H groups in total. The van der Waals surface area contributed by atoms with Crippen molar-refractivity contribution in [3.05, 3.63) is 70.9 Å². The minimum absolute atomic E-state index is 0.185. The predicted molar refractivity (Wildman–Crippen MR) is 140 cm³/mol. The van der Waals surface area contributed by atoms with E-state index in [1.807, 2.05) is 45.0 Å². The monoisotopic (exact) mass is 508 g/mol. The van der Waals surface area contributed by atoms with Gasteiger partial charge in [-0.2, -0.15) is 10.4 Å². The fourth-order valence-electron chi connectivity index (χ4n) is 3.32. The molecule has 0 spiro atoms. The van der Waals surface area contributed by atoms with Gasteiger partial charge in [-0.05, 0) is 30.3 Å². The van der Waals surface area contributed by atoms with Crippen LogP contribution in [0.3, 0.4) is 0 Å². The molecule has 0 fully saturated rings. The molecule has 9 nitrogen and oxygen atoms in total. The Balaban J connectivity index is 1.82. The Kier molecular flexibility index (Phi) is 8.69. The van der Waals surface area contributed by atoms with E-state index in [9.17, 15) is 9.59 Å². The lowest BCUT2D eigenvalue weighted by molar-refractivity contribution is -0.116. The summed E-state index contributed by atoms with van der Waals surface area (Å²) < 4.78 is 6.71. The Morgan fingerprint density at radius 3 is 2.56 bits per heavy atom.